The van der Waals surface area contributed by atoms with Gasteiger partial charge in [-0.25, -0.2) is 0 Å². The Balaban J connectivity index is 1.79. The molecule has 5 nitrogen and oxygen atoms in total. The summed E-state index contributed by atoms with van der Waals surface area (Å²) in [7, 11) is 1.54. The third kappa shape index (κ3) is 3.96. The summed E-state index contributed by atoms with van der Waals surface area (Å²) in [5, 5.41) is 3.46. The Morgan fingerprint density at radius 1 is 1.26 bits per heavy atom. The van der Waals surface area contributed by atoms with E-state index in [1.54, 1.807) is 23.1 Å². The highest BCUT2D eigenvalue weighted by atomic mass is 79.9. The Hall–Kier alpha value is -2.05. The predicted octanol–water partition coefficient (Wildman–Crippen LogP) is 4.72. The summed E-state index contributed by atoms with van der Waals surface area (Å²) in [6.07, 6.45) is 0.149. The van der Waals surface area contributed by atoms with Gasteiger partial charge in [-0.05, 0) is 55.3 Å². The van der Waals surface area contributed by atoms with Gasteiger partial charge in [-0.3, -0.25) is 9.59 Å². The fourth-order valence-electron chi connectivity index (χ4n) is 3.15. The van der Waals surface area contributed by atoms with E-state index in [0.29, 0.717) is 16.5 Å². The van der Waals surface area contributed by atoms with Gasteiger partial charge in [0.2, 0.25) is 11.8 Å². The molecule has 0 spiro atoms. The Kier molecular flexibility index (Phi) is 5.77. The molecule has 2 aromatic rings. The van der Waals surface area contributed by atoms with Gasteiger partial charge in [0.1, 0.15) is 5.75 Å². The van der Waals surface area contributed by atoms with Crippen LogP contribution in [0.5, 0.6) is 5.75 Å². The van der Waals surface area contributed by atoms with Crippen molar-refractivity contribution >= 4 is 50.7 Å². The van der Waals surface area contributed by atoms with Crippen molar-refractivity contribution in [2.75, 3.05) is 23.9 Å². The zero-order chi connectivity index (χ0) is 19.7. The molecule has 0 bridgehead atoms. The molecule has 27 heavy (non-hydrogen) atoms. The van der Waals surface area contributed by atoms with Crippen LogP contribution in [0.3, 0.4) is 0 Å². The number of nitrogens with one attached hydrogen (secondary N) is 1. The van der Waals surface area contributed by atoms with Crippen LogP contribution < -0.4 is 15.0 Å². The fraction of sp³-hybridized carbons (Fsp3) is 0.300. The maximum Gasteiger partial charge on any atom is 0.229 e. The summed E-state index contributed by atoms with van der Waals surface area (Å²) in [4.78, 5) is 26.8. The molecule has 1 aliphatic rings. The molecule has 0 aliphatic carbocycles. The zero-order valence-electron chi connectivity index (χ0n) is 15.3. The lowest BCUT2D eigenvalue weighted by Gasteiger charge is -2.20. The largest absolute Gasteiger partial charge is 0.495 e. The minimum Gasteiger partial charge on any atom is -0.495 e. The van der Waals surface area contributed by atoms with E-state index < -0.39 is 5.92 Å². The topological polar surface area (TPSA) is 58.6 Å². The Morgan fingerprint density at radius 3 is 2.70 bits per heavy atom. The van der Waals surface area contributed by atoms with Gasteiger partial charge >= 0.3 is 0 Å². The van der Waals surface area contributed by atoms with Crippen molar-refractivity contribution in [2.45, 2.75) is 20.3 Å². The van der Waals surface area contributed by atoms with Crippen LogP contribution in [0.25, 0.3) is 0 Å². The second-order valence-corrected chi connectivity index (χ2v) is 7.85. The van der Waals surface area contributed by atoms with Crippen LogP contribution in [0, 0.1) is 19.8 Å². The van der Waals surface area contributed by atoms with Crippen molar-refractivity contribution in [3.05, 3.63) is 51.0 Å². The van der Waals surface area contributed by atoms with E-state index in [2.05, 4.69) is 21.2 Å². The van der Waals surface area contributed by atoms with E-state index in [9.17, 15) is 9.59 Å². The maximum atomic E-state index is 12.7. The lowest BCUT2D eigenvalue weighted by atomic mass is 10.1. The van der Waals surface area contributed by atoms with Crippen molar-refractivity contribution < 1.29 is 14.3 Å². The number of nitrogens with zero attached hydrogens (tertiary/aromatic N) is 1. The molecule has 0 aromatic heterocycles. The molecular weight excluding hydrogens is 432 g/mol. The number of ether oxygens (including phenoxy) is 1. The highest BCUT2D eigenvalue weighted by Crippen LogP contribution is 2.35. The smallest absolute Gasteiger partial charge is 0.229 e. The van der Waals surface area contributed by atoms with E-state index in [0.717, 1.165) is 21.3 Å². The number of rotatable bonds is 4. The van der Waals surface area contributed by atoms with Crippen LogP contribution >= 0.6 is 27.5 Å². The molecule has 2 amide bonds. The molecule has 0 radical (unpaired) electrons. The first kappa shape index (κ1) is 19.7. The van der Waals surface area contributed by atoms with Gasteiger partial charge in [0, 0.05) is 28.1 Å². The molecule has 1 heterocycles. The number of amides is 2. The first-order valence-corrected chi connectivity index (χ1v) is 9.69. The second kappa shape index (κ2) is 7.90. The summed E-state index contributed by atoms with van der Waals surface area (Å²) >= 11 is 9.56. The number of hydrogen-bond donors (Lipinski definition) is 1. The SMILES string of the molecule is COc1ccc(Cl)cc1N1CC(C(=O)Nc2ccc(Br)c(C)c2C)CC1=O. The molecular formula is C20H20BrClN2O3. The van der Waals surface area contributed by atoms with Crippen molar-refractivity contribution in [3.63, 3.8) is 0 Å². The Morgan fingerprint density at radius 2 is 2.00 bits per heavy atom. The van der Waals surface area contributed by atoms with Crippen LogP contribution in [-0.2, 0) is 9.59 Å². The monoisotopic (exact) mass is 450 g/mol. The number of hydrogen-bond acceptors (Lipinski definition) is 3. The van der Waals surface area contributed by atoms with E-state index in [-0.39, 0.29) is 24.8 Å². The van der Waals surface area contributed by atoms with Gasteiger partial charge in [0.15, 0.2) is 0 Å². The highest BCUT2D eigenvalue weighted by molar-refractivity contribution is 9.10. The molecule has 2 aromatic carbocycles. The van der Waals surface area contributed by atoms with Crippen LogP contribution in [0.1, 0.15) is 17.5 Å². The normalized spacial score (nSPS) is 16.6. The average Bonchev–Trinajstić information content (AvgIpc) is 3.04. The summed E-state index contributed by atoms with van der Waals surface area (Å²) in [5.41, 5.74) is 3.41. The molecule has 1 aliphatic heterocycles. The van der Waals surface area contributed by atoms with Gasteiger partial charge in [0.05, 0.1) is 18.7 Å². The Bertz CT molecular complexity index is 916. The van der Waals surface area contributed by atoms with Crippen molar-refractivity contribution in [1.29, 1.82) is 0 Å². The molecule has 142 valence electrons. The number of methoxy groups -OCH3 is 1. The molecule has 1 fully saturated rings. The highest BCUT2D eigenvalue weighted by Gasteiger charge is 2.36. The van der Waals surface area contributed by atoms with Gasteiger partial charge < -0.3 is 15.0 Å². The fourth-order valence-corrected chi connectivity index (χ4v) is 3.74. The third-order valence-electron chi connectivity index (χ3n) is 4.91. The first-order chi connectivity index (χ1) is 12.8. The molecule has 1 unspecified atom stereocenters. The lowest BCUT2D eigenvalue weighted by molar-refractivity contribution is -0.122. The van der Waals surface area contributed by atoms with E-state index in [4.69, 9.17) is 16.3 Å². The van der Waals surface area contributed by atoms with Crippen LogP contribution in [0.15, 0.2) is 34.8 Å². The number of carbonyl (C=O) groups excluding carboxylic acids is 2. The molecule has 1 saturated heterocycles. The van der Waals surface area contributed by atoms with Crippen molar-refractivity contribution in [1.82, 2.24) is 0 Å². The van der Waals surface area contributed by atoms with Crippen molar-refractivity contribution in [2.24, 2.45) is 5.92 Å². The molecule has 7 heteroatoms. The molecule has 1 N–H and O–H groups in total. The molecule has 0 saturated carbocycles. The third-order valence-corrected chi connectivity index (χ3v) is 6.00. The predicted molar refractivity (Wildman–Crippen MR) is 111 cm³/mol. The average molecular weight is 452 g/mol. The minimum atomic E-state index is -0.440. The van der Waals surface area contributed by atoms with E-state index in [1.165, 1.54) is 7.11 Å². The lowest BCUT2D eigenvalue weighted by Crippen LogP contribution is -2.28. The van der Waals surface area contributed by atoms with E-state index >= 15 is 0 Å². The zero-order valence-corrected chi connectivity index (χ0v) is 17.6. The summed E-state index contributed by atoms with van der Waals surface area (Å²) in [6.45, 7) is 4.23. The van der Waals surface area contributed by atoms with Gasteiger partial charge in [-0.2, -0.15) is 0 Å². The second-order valence-electron chi connectivity index (χ2n) is 6.56. The summed E-state index contributed by atoms with van der Waals surface area (Å²) < 4.78 is 6.33. The molecule has 3 rings (SSSR count). The number of benzene rings is 2. The Labute approximate surface area is 171 Å². The number of halogens is 2. The summed E-state index contributed by atoms with van der Waals surface area (Å²) in [6, 6.07) is 8.86. The standard InChI is InChI=1S/C20H20BrClN2O3/c1-11-12(2)16(6-5-15(11)21)23-20(26)13-8-19(25)24(10-13)17-9-14(22)4-7-18(17)27-3/h4-7,9,13H,8,10H2,1-3H3,(H,23,26). The van der Waals surface area contributed by atoms with E-state index in [1.807, 2.05) is 26.0 Å². The van der Waals surface area contributed by atoms with Crippen LogP contribution in [0.2, 0.25) is 5.02 Å². The summed E-state index contributed by atoms with van der Waals surface area (Å²) in [5.74, 6) is -0.186. The van der Waals surface area contributed by atoms with Crippen molar-refractivity contribution in [3.8, 4) is 5.75 Å². The van der Waals surface area contributed by atoms with Gasteiger partial charge in [-0.15, -0.1) is 0 Å². The number of carbonyl (C=O) groups is 2. The van der Waals surface area contributed by atoms with Gasteiger partial charge in [-0.1, -0.05) is 27.5 Å². The van der Waals surface area contributed by atoms with Gasteiger partial charge in [0.25, 0.3) is 0 Å². The van der Waals surface area contributed by atoms with Crippen LogP contribution in [-0.4, -0.2) is 25.5 Å². The van der Waals surface area contributed by atoms with Crippen LogP contribution in [0.4, 0.5) is 11.4 Å². The molecule has 1 atom stereocenters. The quantitative estimate of drug-likeness (QED) is 0.732. The maximum absolute atomic E-state index is 12.7. The first-order valence-electron chi connectivity index (χ1n) is 8.52. The minimum absolute atomic E-state index is 0.126. The number of anilines is 2.